The van der Waals surface area contributed by atoms with Crippen molar-refractivity contribution >= 4 is 22.1 Å². The van der Waals surface area contributed by atoms with Crippen molar-refractivity contribution < 1.29 is 4.74 Å². The fraction of sp³-hybridized carbons (Fsp3) is 0.316. The normalized spacial score (nSPS) is 21.4. The Kier molecular flexibility index (Phi) is 4.02. The average Bonchev–Trinajstić information content (AvgIpc) is 3.11. The van der Waals surface area contributed by atoms with E-state index in [1.165, 1.54) is 15.8 Å². The third-order valence-electron chi connectivity index (χ3n) is 4.56. The number of ether oxygens (including phenoxy) is 1. The first-order valence-electron chi connectivity index (χ1n) is 8.14. The van der Waals surface area contributed by atoms with Crippen molar-refractivity contribution in [3.8, 4) is 16.2 Å². The topological polar surface area (TPSA) is 48.1 Å². The fourth-order valence-electron chi connectivity index (χ4n) is 3.31. The molecule has 0 aliphatic heterocycles. The molecule has 3 nitrogen and oxygen atoms in total. The molecule has 0 unspecified atom stereocenters. The van der Waals surface area contributed by atoms with E-state index < -0.39 is 0 Å². The molecule has 0 atom stereocenters. The SMILES string of the molecule is N[C@H]1CC[C@@H](Oc2ccc3cnccc3c2-c2cccs2)CC1. The lowest BCUT2D eigenvalue weighted by Gasteiger charge is -2.27. The summed E-state index contributed by atoms with van der Waals surface area (Å²) >= 11 is 1.75. The van der Waals surface area contributed by atoms with Crippen LogP contribution in [0.2, 0.25) is 0 Å². The molecular weight excluding hydrogens is 304 g/mol. The first kappa shape index (κ1) is 14.7. The van der Waals surface area contributed by atoms with Crippen LogP contribution in [0.3, 0.4) is 0 Å². The molecule has 0 bridgehead atoms. The van der Waals surface area contributed by atoms with E-state index in [2.05, 4.69) is 40.7 Å². The monoisotopic (exact) mass is 324 g/mol. The number of hydrogen-bond acceptors (Lipinski definition) is 4. The number of rotatable bonds is 3. The van der Waals surface area contributed by atoms with Gasteiger partial charge in [0, 0.05) is 34.3 Å². The standard InChI is InChI=1S/C19H20N2OS/c20-14-4-6-15(7-5-14)22-17-8-3-13-12-21-10-9-16(13)19(17)18-2-1-11-23-18/h1-3,8-12,14-15H,4-7,20H2/t14-,15+. The number of nitrogens with zero attached hydrogens (tertiary/aromatic N) is 1. The Bertz CT molecular complexity index is 792. The first-order chi connectivity index (χ1) is 11.3. The minimum atomic E-state index is 0.271. The molecule has 1 aliphatic carbocycles. The Labute approximate surface area is 140 Å². The van der Waals surface area contributed by atoms with Crippen molar-refractivity contribution in [2.75, 3.05) is 0 Å². The Morgan fingerprint density at radius 2 is 1.96 bits per heavy atom. The third-order valence-corrected chi connectivity index (χ3v) is 5.45. The number of benzene rings is 1. The molecule has 2 heterocycles. The van der Waals surface area contributed by atoms with Gasteiger partial charge in [-0.15, -0.1) is 11.3 Å². The van der Waals surface area contributed by atoms with Gasteiger partial charge in [-0.25, -0.2) is 0 Å². The van der Waals surface area contributed by atoms with Crippen LogP contribution in [0.15, 0.2) is 48.1 Å². The molecular formula is C19H20N2OS. The lowest BCUT2D eigenvalue weighted by atomic mass is 9.93. The van der Waals surface area contributed by atoms with Crippen molar-refractivity contribution in [2.24, 2.45) is 5.73 Å². The van der Waals surface area contributed by atoms with Crippen LogP contribution in [0, 0.1) is 0 Å². The Hall–Kier alpha value is -1.91. The van der Waals surface area contributed by atoms with Crippen LogP contribution in [-0.2, 0) is 0 Å². The maximum atomic E-state index is 6.40. The first-order valence-corrected chi connectivity index (χ1v) is 9.02. The van der Waals surface area contributed by atoms with Gasteiger partial charge in [0.1, 0.15) is 5.75 Å². The summed E-state index contributed by atoms with van der Waals surface area (Å²) in [5, 5.41) is 4.46. The van der Waals surface area contributed by atoms with Crippen LogP contribution in [0.25, 0.3) is 21.2 Å². The van der Waals surface area contributed by atoms with Crippen molar-refractivity contribution in [3.05, 3.63) is 48.1 Å². The quantitative estimate of drug-likeness (QED) is 0.765. The summed E-state index contributed by atoms with van der Waals surface area (Å²) in [5.74, 6) is 0.978. The number of nitrogens with two attached hydrogens (primary N) is 1. The van der Waals surface area contributed by atoms with Crippen molar-refractivity contribution in [2.45, 2.75) is 37.8 Å². The number of pyridine rings is 1. The van der Waals surface area contributed by atoms with E-state index in [-0.39, 0.29) is 6.10 Å². The maximum absolute atomic E-state index is 6.40. The zero-order chi connectivity index (χ0) is 15.6. The molecule has 0 saturated heterocycles. The molecule has 1 aromatic carbocycles. The van der Waals surface area contributed by atoms with Crippen LogP contribution in [0.1, 0.15) is 25.7 Å². The van der Waals surface area contributed by atoms with E-state index in [9.17, 15) is 0 Å². The van der Waals surface area contributed by atoms with Gasteiger partial charge in [-0.3, -0.25) is 4.98 Å². The van der Waals surface area contributed by atoms with Crippen LogP contribution in [0.4, 0.5) is 0 Å². The highest BCUT2D eigenvalue weighted by molar-refractivity contribution is 7.13. The van der Waals surface area contributed by atoms with Gasteiger partial charge in [0.2, 0.25) is 0 Å². The van der Waals surface area contributed by atoms with Crippen LogP contribution in [0.5, 0.6) is 5.75 Å². The molecule has 2 aromatic heterocycles. The van der Waals surface area contributed by atoms with Crippen molar-refractivity contribution in [1.29, 1.82) is 0 Å². The predicted octanol–water partition coefficient (Wildman–Crippen LogP) is 4.61. The van der Waals surface area contributed by atoms with Gasteiger partial charge in [-0.05, 0) is 60.7 Å². The summed E-state index contributed by atoms with van der Waals surface area (Å²) < 4.78 is 6.40. The molecule has 2 N–H and O–H groups in total. The summed E-state index contributed by atoms with van der Waals surface area (Å²) in [6.45, 7) is 0. The molecule has 0 amide bonds. The lowest BCUT2D eigenvalue weighted by molar-refractivity contribution is 0.148. The van der Waals surface area contributed by atoms with E-state index in [0.717, 1.165) is 36.8 Å². The smallest absolute Gasteiger partial charge is 0.129 e. The van der Waals surface area contributed by atoms with E-state index in [0.29, 0.717) is 6.04 Å². The van der Waals surface area contributed by atoms with Gasteiger partial charge in [-0.2, -0.15) is 0 Å². The van der Waals surface area contributed by atoms with Gasteiger partial charge in [0.25, 0.3) is 0 Å². The molecule has 0 radical (unpaired) electrons. The summed E-state index contributed by atoms with van der Waals surface area (Å²) in [6.07, 6.45) is 8.22. The van der Waals surface area contributed by atoms with Crippen molar-refractivity contribution in [1.82, 2.24) is 4.98 Å². The van der Waals surface area contributed by atoms with Gasteiger partial charge < -0.3 is 10.5 Å². The number of fused-ring (bicyclic) bond motifs is 1. The van der Waals surface area contributed by atoms with Crippen LogP contribution >= 0.6 is 11.3 Å². The lowest BCUT2D eigenvalue weighted by Crippen LogP contribution is -2.31. The zero-order valence-electron chi connectivity index (χ0n) is 12.9. The molecule has 4 rings (SSSR count). The van der Waals surface area contributed by atoms with E-state index in [1.807, 2.05) is 12.4 Å². The van der Waals surface area contributed by atoms with E-state index in [4.69, 9.17) is 10.5 Å². The largest absolute Gasteiger partial charge is 0.490 e. The molecule has 23 heavy (non-hydrogen) atoms. The summed E-state index contributed by atoms with van der Waals surface area (Å²) in [4.78, 5) is 5.48. The Morgan fingerprint density at radius 1 is 1.09 bits per heavy atom. The Balaban J connectivity index is 1.75. The van der Waals surface area contributed by atoms with Crippen LogP contribution < -0.4 is 10.5 Å². The van der Waals surface area contributed by atoms with E-state index in [1.54, 1.807) is 11.3 Å². The molecule has 1 saturated carbocycles. The van der Waals surface area contributed by atoms with Gasteiger partial charge in [-0.1, -0.05) is 6.07 Å². The molecule has 4 heteroatoms. The molecule has 118 valence electrons. The second kappa shape index (κ2) is 6.30. The van der Waals surface area contributed by atoms with Gasteiger partial charge in [0.15, 0.2) is 0 Å². The number of thiophene rings is 1. The number of aromatic nitrogens is 1. The fourth-order valence-corrected chi connectivity index (χ4v) is 4.10. The second-order valence-electron chi connectivity index (χ2n) is 6.17. The highest BCUT2D eigenvalue weighted by atomic mass is 32.1. The highest BCUT2D eigenvalue weighted by Crippen LogP contribution is 2.40. The second-order valence-corrected chi connectivity index (χ2v) is 7.12. The minimum Gasteiger partial charge on any atom is -0.490 e. The van der Waals surface area contributed by atoms with E-state index >= 15 is 0 Å². The summed E-state index contributed by atoms with van der Waals surface area (Å²) in [7, 11) is 0. The summed E-state index contributed by atoms with van der Waals surface area (Å²) in [5.41, 5.74) is 7.20. The number of hydrogen-bond donors (Lipinski definition) is 1. The minimum absolute atomic E-state index is 0.271. The average molecular weight is 324 g/mol. The molecule has 1 aliphatic rings. The summed E-state index contributed by atoms with van der Waals surface area (Å²) in [6, 6.07) is 10.9. The van der Waals surface area contributed by atoms with Gasteiger partial charge >= 0.3 is 0 Å². The van der Waals surface area contributed by atoms with Crippen LogP contribution in [-0.4, -0.2) is 17.1 Å². The molecule has 1 fully saturated rings. The Morgan fingerprint density at radius 3 is 2.74 bits per heavy atom. The van der Waals surface area contributed by atoms with Crippen molar-refractivity contribution in [3.63, 3.8) is 0 Å². The zero-order valence-corrected chi connectivity index (χ0v) is 13.8. The highest BCUT2D eigenvalue weighted by Gasteiger charge is 2.22. The predicted molar refractivity (Wildman–Crippen MR) is 95.9 cm³/mol. The molecule has 0 spiro atoms. The van der Waals surface area contributed by atoms with Gasteiger partial charge in [0.05, 0.1) is 6.10 Å². The molecule has 3 aromatic rings. The third kappa shape index (κ3) is 2.96. The maximum Gasteiger partial charge on any atom is 0.129 e.